The molecule has 4 fully saturated rings. The van der Waals surface area contributed by atoms with E-state index in [1.165, 1.54) is 50.5 Å². The van der Waals surface area contributed by atoms with Gasteiger partial charge in [-0.3, -0.25) is 4.79 Å². The van der Waals surface area contributed by atoms with Gasteiger partial charge in [0.2, 0.25) is 0 Å². The zero-order chi connectivity index (χ0) is 18.5. The van der Waals surface area contributed by atoms with E-state index in [1.54, 1.807) is 0 Å². The fourth-order valence-electron chi connectivity index (χ4n) is 7.48. The van der Waals surface area contributed by atoms with Gasteiger partial charge in [0.15, 0.2) is 0 Å². The summed E-state index contributed by atoms with van der Waals surface area (Å²) in [7, 11) is 0. The topological polar surface area (TPSA) is 43.1 Å². The average molecular weight is 376 g/mol. The van der Waals surface area contributed by atoms with Crippen molar-refractivity contribution in [3.8, 4) is 0 Å². The van der Waals surface area contributed by atoms with Crippen LogP contribution in [-0.2, 0) is 4.79 Å². The van der Waals surface area contributed by atoms with E-state index in [0.29, 0.717) is 28.3 Å². The number of hydrogen-bond donors (Lipinski definition) is 1. The monoisotopic (exact) mass is 375 g/mol. The molecule has 3 unspecified atom stereocenters. The van der Waals surface area contributed by atoms with Crippen LogP contribution in [0.25, 0.3) is 0 Å². The predicted octanol–water partition coefficient (Wildman–Crippen LogP) is 5.21. The highest BCUT2D eigenvalue weighted by Crippen LogP contribution is 2.66. The summed E-state index contributed by atoms with van der Waals surface area (Å²) in [6.45, 7) is 10.2. The molecule has 0 aliphatic heterocycles. The molecule has 3 heteroatoms. The molecule has 0 aromatic heterocycles. The first-order valence-electron chi connectivity index (χ1n) is 10.9. The van der Waals surface area contributed by atoms with Gasteiger partial charge in [-0.2, -0.15) is 11.8 Å². The molecule has 2 nitrogen and oxygen atoms in total. The lowest BCUT2D eigenvalue weighted by molar-refractivity contribution is -0.148. The second kappa shape index (κ2) is 6.95. The van der Waals surface area contributed by atoms with E-state index in [2.05, 4.69) is 20.4 Å². The van der Waals surface area contributed by atoms with Gasteiger partial charge >= 0.3 is 0 Å². The van der Waals surface area contributed by atoms with Crippen LogP contribution in [0.4, 0.5) is 0 Å². The van der Waals surface area contributed by atoms with Crippen LogP contribution < -0.4 is 5.73 Å². The van der Waals surface area contributed by atoms with Crippen molar-refractivity contribution < 1.29 is 4.79 Å². The first-order valence-corrected chi connectivity index (χ1v) is 12.0. The van der Waals surface area contributed by atoms with Crippen LogP contribution in [-0.4, -0.2) is 23.3 Å². The van der Waals surface area contributed by atoms with Gasteiger partial charge in [0, 0.05) is 17.1 Å². The van der Waals surface area contributed by atoms with Crippen molar-refractivity contribution in [3.63, 3.8) is 0 Å². The standard InChI is InChI=1S/C23H37NOS/c1-15-12-17-18-6-4-8-22(18,2)9-7-19(17)23(3)20(15)13-16(14-21(23)25)26-11-5-10-24/h16-20H,1,4-14,24H2,2-3H3/t16-,17?,18?,19?,20-,22+,23-/m1/s1. The van der Waals surface area contributed by atoms with Crippen molar-refractivity contribution in [1.29, 1.82) is 0 Å². The number of Topliss-reactive ketones (excluding diaryl/α,β-unsaturated/α-hetero) is 1. The number of rotatable bonds is 4. The maximum atomic E-state index is 13.5. The molecule has 0 heterocycles. The first-order chi connectivity index (χ1) is 12.4. The van der Waals surface area contributed by atoms with E-state index in [9.17, 15) is 4.79 Å². The number of carbonyl (C=O) groups is 1. The van der Waals surface area contributed by atoms with Crippen LogP contribution in [0, 0.1) is 34.5 Å². The molecule has 4 aliphatic rings. The van der Waals surface area contributed by atoms with Crippen LogP contribution in [0.3, 0.4) is 0 Å². The highest BCUT2D eigenvalue weighted by atomic mass is 32.2. The fraction of sp³-hybridized carbons (Fsp3) is 0.870. The van der Waals surface area contributed by atoms with Crippen LogP contribution >= 0.6 is 11.8 Å². The quantitative estimate of drug-likeness (QED) is 0.541. The Morgan fingerprint density at radius 2 is 2.00 bits per heavy atom. The minimum absolute atomic E-state index is 0.130. The zero-order valence-electron chi connectivity index (χ0n) is 16.8. The van der Waals surface area contributed by atoms with E-state index in [0.717, 1.165) is 37.0 Å². The summed E-state index contributed by atoms with van der Waals surface area (Å²) in [6.07, 6.45) is 11.0. The molecule has 0 amide bonds. The molecule has 0 radical (unpaired) electrons. The van der Waals surface area contributed by atoms with Gasteiger partial charge in [-0.15, -0.1) is 0 Å². The number of ketones is 1. The number of carbonyl (C=O) groups excluding carboxylic acids is 1. The lowest BCUT2D eigenvalue weighted by Crippen LogP contribution is -2.57. The number of fused-ring (bicyclic) bond motifs is 5. The Morgan fingerprint density at radius 3 is 2.77 bits per heavy atom. The van der Waals surface area contributed by atoms with Crippen LogP contribution in [0.15, 0.2) is 12.2 Å². The van der Waals surface area contributed by atoms with E-state index >= 15 is 0 Å². The smallest absolute Gasteiger partial charge is 0.140 e. The Labute approximate surface area is 164 Å². The van der Waals surface area contributed by atoms with Crippen molar-refractivity contribution in [2.45, 2.75) is 76.9 Å². The SMILES string of the molecule is C=C1CC2C3CCC[C@@]3(C)CCC2[C@@]2(C)C(=O)C[C@H](SCCCN)C[C@H]12. The maximum absolute atomic E-state index is 13.5. The Bertz CT molecular complexity index is 589. The molecular weight excluding hydrogens is 338 g/mol. The van der Waals surface area contributed by atoms with Gasteiger partial charge in [-0.05, 0) is 86.3 Å². The lowest BCUT2D eigenvalue weighted by atomic mass is 9.44. The molecule has 0 spiro atoms. The van der Waals surface area contributed by atoms with Crippen molar-refractivity contribution in [3.05, 3.63) is 12.2 Å². The molecule has 4 rings (SSSR count). The number of nitrogens with two attached hydrogens (primary N) is 1. The van der Waals surface area contributed by atoms with Gasteiger partial charge in [-0.25, -0.2) is 0 Å². The molecule has 2 N–H and O–H groups in total. The van der Waals surface area contributed by atoms with Gasteiger partial charge in [0.1, 0.15) is 5.78 Å². The highest BCUT2D eigenvalue weighted by Gasteiger charge is 2.61. The van der Waals surface area contributed by atoms with Crippen molar-refractivity contribution in [1.82, 2.24) is 0 Å². The molecule has 0 saturated heterocycles. The van der Waals surface area contributed by atoms with E-state index in [1.807, 2.05) is 11.8 Å². The third-order valence-electron chi connectivity index (χ3n) is 8.92. The summed E-state index contributed by atoms with van der Waals surface area (Å²) < 4.78 is 0. The third-order valence-corrected chi connectivity index (χ3v) is 10.3. The van der Waals surface area contributed by atoms with E-state index in [4.69, 9.17) is 5.73 Å². The van der Waals surface area contributed by atoms with E-state index in [-0.39, 0.29) is 5.41 Å². The zero-order valence-corrected chi connectivity index (χ0v) is 17.6. The molecule has 4 aliphatic carbocycles. The summed E-state index contributed by atoms with van der Waals surface area (Å²) in [5.74, 6) is 4.23. The van der Waals surface area contributed by atoms with Crippen molar-refractivity contribution >= 4 is 17.5 Å². The normalized spacial score (nSPS) is 48.0. The Hall–Kier alpha value is -0.280. The second-order valence-electron chi connectivity index (χ2n) is 10.2. The van der Waals surface area contributed by atoms with E-state index < -0.39 is 0 Å². The minimum Gasteiger partial charge on any atom is -0.330 e. The molecule has 0 aromatic carbocycles. The Kier molecular flexibility index (Phi) is 5.10. The Balaban J connectivity index is 1.57. The molecule has 146 valence electrons. The molecule has 0 aromatic rings. The summed E-state index contributed by atoms with van der Waals surface area (Å²) in [5, 5.41) is 0.487. The Morgan fingerprint density at radius 1 is 1.19 bits per heavy atom. The van der Waals surface area contributed by atoms with Gasteiger partial charge < -0.3 is 5.73 Å². The summed E-state index contributed by atoms with van der Waals surface area (Å²) in [5.41, 5.74) is 7.47. The van der Waals surface area contributed by atoms with Gasteiger partial charge in [-0.1, -0.05) is 32.4 Å². The number of thioether (sulfide) groups is 1. The minimum atomic E-state index is -0.130. The van der Waals surface area contributed by atoms with Crippen molar-refractivity contribution in [2.24, 2.45) is 40.2 Å². The number of allylic oxidation sites excluding steroid dienone is 1. The molecule has 26 heavy (non-hydrogen) atoms. The summed E-state index contributed by atoms with van der Waals surface area (Å²) in [6, 6.07) is 0. The second-order valence-corrected chi connectivity index (χ2v) is 11.6. The molecular formula is C23H37NOS. The van der Waals surface area contributed by atoms with Crippen LogP contribution in [0.5, 0.6) is 0 Å². The summed E-state index contributed by atoms with van der Waals surface area (Å²) >= 11 is 1.98. The van der Waals surface area contributed by atoms with Crippen molar-refractivity contribution in [2.75, 3.05) is 12.3 Å². The van der Waals surface area contributed by atoms with Gasteiger partial charge in [0.05, 0.1) is 0 Å². The molecule has 7 atom stereocenters. The molecule has 4 saturated carbocycles. The fourth-order valence-corrected chi connectivity index (χ4v) is 8.75. The summed E-state index contributed by atoms with van der Waals surface area (Å²) in [4.78, 5) is 13.5. The predicted molar refractivity (Wildman–Crippen MR) is 111 cm³/mol. The van der Waals surface area contributed by atoms with Crippen LogP contribution in [0.2, 0.25) is 0 Å². The van der Waals surface area contributed by atoms with Crippen LogP contribution in [0.1, 0.15) is 71.6 Å². The average Bonchev–Trinajstić information content (AvgIpc) is 2.99. The first kappa shape index (κ1) is 19.1. The lowest BCUT2D eigenvalue weighted by Gasteiger charge is -2.60. The van der Waals surface area contributed by atoms with Gasteiger partial charge in [0.25, 0.3) is 0 Å². The maximum Gasteiger partial charge on any atom is 0.140 e. The largest absolute Gasteiger partial charge is 0.330 e. The number of hydrogen-bond acceptors (Lipinski definition) is 3. The third kappa shape index (κ3) is 2.83. The highest BCUT2D eigenvalue weighted by molar-refractivity contribution is 7.99. The molecule has 0 bridgehead atoms.